The van der Waals surface area contributed by atoms with Gasteiger partial charge in [0.05, 0.1) is 5.87 Å². The molecule has 0 radical (unpaired) electrons. The van der Waals surface area contributed by atoms with Gasteiger partial charge in [0.25, 0.3) is 0 Å². The number of nitrogens with zero attached hydrogens (tertiary/aromatic N) is 2. The highest BCUT2D eigenvalue weighted by atomic mass is 16.6. The first-order valence-electron chi connectivity index (χ1n) is 1.89. The highest BCUT2D eigenvalue weighted by molar-refractivity contribution is 5.53. The zero-order chi connectivity index (χ0) is 5.11. The molecular weight excluding hydrogens is 92.1 g/mol. The fourth-order valence-electron chi connectivity index (χ4n) is 0.273. The summed E-state index contributed by atoms with van der Waals surface area (Å²) >= 11 is 0. The first-order valence-corrected chi connectivity index (χ1v) is 1.89. The second-order valence-electron chi connectivity index (χ2n) is 1.23. The fraction of sp³-hybridized carbons (Fsp3) is 0.250. The summed E-state index contributed by atoms with van der Waals surface area (Å²) in [4.78, 5) is 4.47. The third-order valence-electron chi connectivity index (χ3n) is 0.580. The van der Waals surface area contributed by atoms with Crippen LogP contribution in [-0.4, -0.2) is 23.9 Å². The van der Waals surface area contributed by atoms with Gasteiger partial charge in [0.1, 0.15) is 7.05 Å². The van der Waals surface area contributed by atoms with Crippen LogP contribution in [0.4, 0.5) is 0 Å². The van der Waals surface area contributed by atoms with Gasteiger partial charge in [-0.05, 0) is 5.16 Å². The van der Waals surface area contributed by atoms with Crippen LogP contribution in [0.2, 0.25) is 0 Å². The molecule has 7 heavy (non-hydrogen) atoms. The molecule has 3 heteroatoms. The minimum absolute atomic E-state index is 1.48. The van der Waals surface area contributed by atoms with Crippen molar-refractivity contribution in [2.75, 3.05) is 7.05 Å². The maximum atomic E-state index is 4.47. The van der Waals surface area contributed by atoms with Crippen molar-refractivity contribution in [1.82, 2.24) is 0 Å². The summed E-state index contributed by atoms with van der Waals surface area (Å²) in [6, 6.07) is 0. The Balaban J connectivity index is 2.82. The lowest BCUT2D eigenvalue weighted by atomic mass is 10.9. The molecule has 1 rings (SSSR count). The van der Waals surface area contributed by atoms with Crippen molar-refractivity contribution in [3.05, 3.63) is 6.20 Å². The third-order valence-corrected chi connectivity index (χ3v) is 0.580. The molecule has 1 aliphatic heterocycles. The van der Waals surface area contributed by atoms with Crippen molar-refractivity contribution in [1.29, 1.82) is 0 Å². The Hall–Kier alpha value is -1.08. The molecule has 36 valence electrons. The van der Waals surface area contributed by atoms with Gasteiger partial charge in [-0.25, -0.2) is 0 Å². The number of rotatable bonds is 0. The van der Waals surface area contributed by atoms with E-state index in [0.29, 0.717) is 0 Å². The largest absolute Gasteiger partial charge is 0.358 e. The molecule has 0 amide bonds. The normalized spacial score (nSPS) is 15.9. The predicted molar refractivity (Wildman–Crippen MR) is 25.3 cm³/mol. The summed E-state index contributed by atoms with van der Waals surface area (Å²) in [5.74, 6) is 2.51. The van der Waals surface area contributed by atoms with Crippen molar-refractivity contribution in [3.8, 4) is 0 Å². The van der Waals surface area contributed by atoms with E-state index in [2.05, 4.69) is 15.9 Å². The zero-order valence-corrected chi connectivity index (χ0v) is 3.96. The van der Waals surface area contributed by atoms with Gasteiger partial charge in [0, 0.05) is 0 Å². The summed E-state index contributed by atoms with van der Waals surface area (Å²) < 4.78 is 1.72. The molecule has 0 aromatic carbocycles. The van der Waals surface area contributed by atoms with E-state index in [1.807, 2.05) is 7.05 Å². The van der Waals surface area contributed by atoms with Gasteiger partial charge in [-0.15, -0.1) is 0 Å². The molecule has 0 N–H and O–H groups in total. The van der Waals surface area contributed by atoms with Crippen LogP contribution in [0.1, 0.15) is 0 Å². The molecule has 0 spiro atoms. The topological polar surface area (TPSA) is 24.6 Å². The van der Waals surface area contributed by atoms with Crippen LogP contribution < -0.4 is 0 Å². The summed E-state index contributed by atoms with van der Waals surface area (Å²) in [5.41, 5.74) is 0. The third kappa shape index (κ3) is 0.876. The van der Waals surface area contributed by atoms with Crippen LogP contribution in [0.5, 0.6) is 0 Å². The average molecular weight is 97.1 g/mol. The molecule has 0 aliphatic carbocycles. The minimum Gasteiger partial charge on any atom is -0.291 e. The van der Waals surface area contributed by atoms with Crippen LogP contribution in [0.15, 0.2) is 11.4 Å². The summed E-state index contributed by atoms with van der Waals surface area (Å²) in [7, 11) is 1.84. The van der Waals surface area contributed by atoms with E-state index in [4.69, 9.17) is 0 Å². The zero-order valence-electron chi connectivity index (χ0n) is 3.96. The molecule has 3 nitrogen and oxygen atoms in total. The standard InChI is InChI=1S/C4H5N2O/c1-6-3-2-5-7-4-6/h3-4H,1H3/q+1. The van der Waals surface area contributed by atoms with Gasteiger partial charge in [-0.1, -0.05) is 0 Å². The Morgan fingerprint density at radius 1 is 1.86 bits per heavy atom. The molecule has 0 fully saturated rings. The van der Waals surface area contributed by atoms with Crippen molar-refractivity contribution in [2.24, 2.45) is 5.16 Å². The molecule has 0 unspecified atom stereocenters. The van der Waals surface area contributed by atoms with Crippen molar-refractivity contribution < 1.29 is 9.41 Å². The molecule has 0 aromatic heterocycles. The lowest BCUT2D eigenvalue weighted by molar-refractivity contribution is -0.426. The van der Waals surface area contributed by atoms with Gasteiger partial charge in [-0.2, -0.15) is 4.58 Å². The van der Waals surface area contributed by atoms with Crippen LogP contribution in [0, 0.1) is 0 Å². The molecular formula is C4H5N2O+. The quantitative estimate of drug-likeness (QED) is 0.384. The van der Waals surface area contributed by atoms with E-state index >= 15 is 0 Å². The molecule has 1 heterocycles. The van der Waals surface area contributed by atoms with Crippen LogP contribution in [0.3, 0.4) is 0 Å². The first-order chi connectivity index (χ1) is 3.39. The van der Waals surface area contributed by atoms with Crippen molar-refractivity contribution in [2.45, 2.75) is 0 Å². The lowest BCUT2D eigenvalue weighted by Crippen LogP contribution is -2.01. The smallest absolute Gasteiger partial charge is 0.291 e. The van der Waals surface area contributed by atoms with Gasteiger partial charge in [0.15, 0.2) is 0 Å². The van der Waals surface area contributed by atoms with Gasteiger partial charge in [0.2, 0.25) is 6.20 Å². The Kier molecular flexibility index (Phi) is 0.922. The van der Waals surface area contributed by atoms with E-state index in [0.717, 1.165) is 0 Å². The van der Waals surface area contributed by atoms with E-state index in [9.17, 15) is 0 Å². The molecule has 0 saturated carbocycles. The summed E-state index contributed by atoms with van der Waals surface area (Å²) in [6.45, 7) is 0. The van der Waals surface area contributed by atoms with Crippen LogP contribution in [0.25, 0.3) is 0 Å². The van der Waals surface area contributed by atoms with E-state index < -0.39 is 0 Å². The monoisotopic (exact) mass is 97.0 g/mol. The van der Waals surface area contributed by atoms with E-state index in [1.165, 1.54) is 6.40 Å². The Morgan fingerprint density at radius 2 is 2.71 bits per heavy atom. The van der Waals surface area contributed by atoms with Crippen LogP contribution >= 0.6 is 0 Å². The van der Waals surface area contributed by atoms with Gasteiger partial charge < -0.3 is 0 Å². The fourth-order valence-corrected chi connectivity index (χ4v) is 0.273. The molecule has 0 aromatic rings. The van der Waals surface area contributed by atoms with Gasteiger partial charge in [-0.3, -0.25) is 4.84 Å². The predicted octanol–water partition coefficient (Wildman–Crippen LogP) is -0.214. The molecule has 0 atom stereocenters. The lowest BCUT2D eigenvalue weighted by Gasteiger charge is -1.84. The Bertz CT molecular complexity index is 153. The molecule has 0 saturated heterocycles. The van der Waals surface area contributed by atoms with E-state index in [1.54, 1.807) is 10.8 Å². The Morgan fingerprint density at radius 3 is 3.00 bits per heavy atom. The summed E-state index contributed by atoms with van der Waals surface area (Å²) in [6.07, 6.45) is 3.15. The second-order valence-corrected chi connectivity index (χ2v) is 1.23. The highest BCUT2D eigenvalue weighted by Gasteiger charge is 1.89. The first kappa shape index (κ1) is 4.09. The van der Waals surface area contributed by atoms with Crippen LogP contribution in [-0.2, 0) is 4.84 Å². The number of hydrogen-bond donors (Lipinski definition) is 0. The molecule has 1 aliphatic rings. The SMILES string of the molecule is C[N+]1=CON=C=C1. The summed E-state index contributed by atoms with van der Waals surface area (Å²) in [5, 5.41) is 3.32. The Labute approximate surface area is 41.2 Å². The van der Waals surface area contributed by atoms with Crippen molar-refractivity contribution in [3.63, 3.8) is 0 Å². The van der Waals surface area contributed by atoms with Crippen molar-refractivity contribution >= 4 is 12.3 Å². The minimum atomic E-state index is 1.48. The number of hydrogen-bond acceptors (Lipinski definition) is 2. The maximum absolute atomic E-state index is 4.47. The molecule has 0 bridgehead atoms. The second kappa shape index (κ2) is 1.58. The average Bonchev–Trinajstić information content (AvgIpc) is 1.69. The van der Waals surface area contributed by atoms with E-state index in [-0.39, 0.29) is 0 Å². The highest BCUT2D eigenvalue weighted by Crippen LogP contribution is 1.73. The van der Waals surface area contributed by atoms with Gasteiger partial charge >= 0.3 is 6.40 Å². The maximum Gasteiger partial charge on any atom is 0.358 e.